The van der Waals surface area contributed by atoms with E-state index >= 15 is 0 Å². The van der Waals surface area contributed by atoms with E-state index in [-0.39, 0.29) is 12.8 Å². The molecule has 104 heavy (non-hydrogen) atoms. The van der Waals surface area contributed by atoms with E-state index in [1.54, 1.807) is 48.7 Å². The molecule has 0 unspecified atom stereocenters. The Bertz CT molecular complexity index is 3630. The molecule has 0 saturated carbocycles. The number of primary amides is 3. The van der Waals surface area contributed by atoms with Crippen molar-refractivity contribution < 1.29 is 127 Å². The number of carboxylic acids is 3. The number of hydrogen-bond donors (Lipinski definition) is 25. The van der Waals surface area contributed by atoms with Crippen molar-refractivity contribution in [1.82, 2.24) is 74.1 Å². The number of fused-ring (bicyclic) bond motifs is 1. The second-order valence-electron chi connectivity index (χ2n) is 22.7. The third-order valence-corrected chi connectivity index (χ3v) is 14.6. The number of hydrogen-bond acceptors (Lipinski definition) is 24. The number of aliphatic carboxylic acids is 3. The molecule has 11 atom stereocenters. The summed E-state index contributed by atoms with van der Waals surface area (Å²) in [6.45, 7) is -7.79. The summed E-state index contributed by atoms with van der Waals surface area (Å²) in [7, 11) is 0. The first-order chi connectivity index (χ1) is 49.1. The number of aromatic nitrogens is 1. The highest BCUT2D eigenvalue weighted by Crippen LogP contribution is 2.19. The van der Waals surface area contributed by atoms with Gasteiger partial charge in [0.1, 0.15) is 60.4 Å². The van der Waals surface area contributed by atoms with Gasteiger partial charge in [-0.1, -0.05) is 48.5 Å². The number of aromatic amines is 1. The molecule has 1 heterocycles. The Hall–Kier alpha value is -12.3. The number of rotatable bonds is 47. The third kappa shape index (κ3) is 30.3. The van der Waals surface area contributed by atoms with Crippen molar-refractivity contribution in [2.75, 3.05) is 46.1 Å². The van der Waals surface area contributed by atoms with Crippen LogP contribution in [0.1, 0.15) is 56.1 Å². The first-order valence-electron chi connectivity index (χ1n) is 31.2. The van der Waals surface area contributed by atoms with Gasteiger partial charge in [0.05, 0.1) is 71.4 Å². The first-order valence-corrected chi connectivity index (χ1v) is 31.2. The molecule has 0 fully saturated rings. The number of amides is 16. The van der Waals surface area contributed by atoms with E-state index in [1.165, 1.54) is 0 Å². The number of carbonyl (C=O) groups is 19. The van der Waals surface area contributed by atoms with Crippen molar-refractivity contribution in [2.24, 2.45) is 22.9 Å². The molecule has 2 aromatic carbocycles. The molecule has 568 valence electrons. The van der Waals surface area contributed by atoms with Gasteiger partial charge in [-0.15, -0.1) is 0 Å². The number of aliphatic hydroxyl groups is 4. The molecule has 0 saturated heterocycles. The minimum atomic E-state index is -2.05. The molecule has 0 aliphatic rings. The summed E-state index contributed by atoms with van der Waals surface area (Å²) in [5.74, 6) is -24.6. The van der Waals surface area contributed by atoms with E-state index in [1.807, 2.05) is 54.7 Å². The maximum Gasteiger partial charge on any atom is 0.326 e. The van der Waals surface area contributed by atoms with E-state index in [4.69, 9.17) is 28.0 Å². The van der Waals surface area contributed by atoms with Crippen LogP contribution in [0, 0.1) is 0 Å². The minimum Gasteiger partial charge on any atom is -0.481 e. The van der Waals surface area contributed by atoms with Crippen LogP contribution >= 0.6 is 0 Å². The minimum absolute atomic E-state index is 0.0348. The quantitative estimate of drug-likeness (QED) is 0.0250. The topological polar surface area (TPSA) is 742 Å². The number of nitrogens with two attached hydrogens (primary N) is 4. The zero-order valence-electron chi connectivity index (χ0n) is 55.1. The number of benzene rings is 2. The van der Waals surface area contributed by atoms with Gasteiger partial charge in [-0.2, -0.15) is 0 Å². The molecule has 0 bridgehead atoms. The fourth-order valence-corrected chi connectivity index (χ4v) is 9.28. The zero-order chi connectivity index (χ0) is 77.9. The predicted molar refractivity (Wildman–Crippen MR) is 350 cm³/mol. The molecular weight excluding hydrogens is 1390 g/mol. The van der Waals surface area contributed by atoms with Gasteiger partial charge in [-0.25, -0.2) is 4.79 Å². The van der Waals surface area contributed by atoms with Crippen molar-refractivity contribution in [3.8, 4) is 0 Å². The van der Waals surface area contributed by atoms with Gasteiger partial charge in [0.25, 0.3) is 0 Å². The summed E-state index contributed by atoms with van der Waals surface area (Å²) in [5, 5.41) is 95.9. The molecule has 29 N–H and O–H groups in total. The number of H-pyrrole nitrogens is 1. The largest absolute Gasteiger partial charge is 0.481 e. The van der Waals surface area contributed by atoms with Crippen LogP contribution in [0.3, 0.4) is 0 Å². The standard InChI is InChI=1S/C60H82N18O26/c61-30(15-28-19-65-31-9-5-4-8-29(28)31)50(93)77-40(25-81)59(102)74-34(14-27-6-2-1-3-7-27)51(94)66-22-47(88)71-39(24-80)57(100)72-32(10-12-48(89)90)54(97)75-35(16-42(62)83)52(95)67-21-46(87)70-38(23-79)53(96)68-20-45(86)69-36(17-43(63)84)56(99)78-41(26-82)58(101)73-33(11-13-49(91)92)55(98)76-37(60(103)104)18-44(64)85/h1-9,19,30,32-41,65,79-82H,10-18,20-26,61H2,(H2,62,83)(H2,63,84)(H2,64,85)(H,66,94)(H,67,95)(H,68,96)(H,69,86)(H,70,87)(H,71,88)(H,72,100)(H,73,101)(H,74,102)(H,75,97)(H,76,98)(H,77,93)(H,78,99)(H,89,90)(H,91,92)(H,103,104)/t30-,32-,33-,34-,35-,36-,37-,38-,39-,40-,41-/m0/s1. The van der Waals surface area contributed by atoms with Gasteiger partial charge in [0.15, 0.2) is 0 Å². The van der Waals surface area contributed by atoms with Crippen molar-refractivity contribution in [3.05, 3.63) is 71.9 Å². The van der Waals surface area contributed by atoms with Gasteiger partial charge in [0.2, 0.25) is 94.5 Å². The highest BCUT2D eigenvalue weighted by molar-refractivity contribution is 6.01. The number of carboxylic acid groups (broad SMARTS) is 3. The smallest absolute Gasteiger partial charge is 0.326 e. The van der Waals surface area contributed by atoms with Gasteiger partial charge in [0, 0.05) is 36.4 Å². The summed E-state index contributed by atoms with van der Waals surface area (Å²) in [6.07, 6.45) is -4.63. The Kier molecular flexibility index (Phi) is 35.9. The molecule has 16 amide bonds. The van der Waals surface area contributed by atoms with Crippen LogP contribution < -0.4 is 92.1 Å². The number of aliphatic hydroxyl groups excluding tert-OH is 4. The number of nitrogens with one attached hydrogen (secondary N) is 14. The number of carbonyl (C=O) groups excluding carboxylic acids is 16. The maximum atomic E-state index is 13.7. The summed E-state index contributed by atoms with van der Waals surface area (Å²) in [6, 6.07) is -4.70. The molecule has 0 radical (unpaired) electrons. The molecule has 1 aromatic heterocycles. The SMILES string of the molecule is NC(=O)C[C@H](NC(=O)[C@H](CCC(=O)O)NC(=O)[C@H](CO)NC(=O)[C@H](CC(N)=O)NC(=O)CNC(=O)[C@H](CO)NC(=O)CNC(=O)[C@H](CC(N)=O)NC(=O)[C@H](CCC(=O)O)NC(=O)[C@H](CO)NC(=O)CNC(=O)[C@H](Cc1ccccc1)NC(=O)[C@H](CO)NC(=O)[C@@H](N)Cc1c[nH]c2ccccc12)C(=O)O. The molecule has 44 heteroatoms. The molecule has 44 nitrogen and oxygen atoms in total. The summed E-state index contributed by atoms with van der Waals surface area (Å²) < 4.78 is 0. The lowest BCUT2D eigenvalue weighted by Crippen LogP contribution is -2.59. The summed E-state index contributed by atoms with van der Waals surface area (Å²) in [5.41, 5.74) is 23.6. The molecule has 0 aliphatic heterocycles. The van der Waals surface area contributed by atoms with Crippen LogP contribution in [0.5, 0.6) is 0 Å². The zero-order valence-corrected chi connectivity index (χ0v) is 55.1. The molecule has 3 rings (SSSR count). The molecule has 0 aliphatic carbocycles. The first kappa shape index (κ1) is 85.9. The van der Waals surface area contributed by atoms with E-state index in [0.29, 0.717) is 11.1 Å². The monoisotopic (exact) mass is 1470 g/mol. The lowest BCUT2D eigenvalue weighted by Gasteiger charge is -2.25. The Labute approximate surface area is 587 Å². The molecular formula is C60H82N18O26. The van der Waals surface area contributed by atoms with Gasteiger partial charge in [-0.05, 0) is 36.5 Å². The lowest BCUT2D eigenvalue weighted by molar-refractivity contribution is -0.144. The van der Waals surface area contributed by atoms with E-state index in [9.17, 15) is 122 Å². The Morgan fingerprint density at radius 1 is 0.365 bits per heavy atom. The Morgan fingerprint density at radius 3 is 1.13 bits per heavy atom. The highest BCUT2D eigenvalue weighted by Gasteiger charge is 2.36. The van der Waals surface area contributed by atoms with E-state index < -0.39 is 270 Å². The number of para-hydroxylation sites is 1. The van der Waals surface area contributed by atoms with Gasteiger partial charge >= 0.3 is 17.9 Å². The van der Waals surface area contributed by atoms with E-state index in [0.717, 1.165) is 10.9 Å². The molecule has 3 aromatic rings. The van der Waals surface area contributed by atoms with Crippen molar-refractivity contribution in [2.45, 2.75) is 124 Å². The maximum absolute atomic E-state index is 13.7. The highest BCUT2D eigenvalue weighted by atomic mass is 16.4. The fraction of sp³-hybridized carbons (Fsp3) is 0.450. The van der Waals surface area contributed by atoms with Crippen LogP contribution in [-0.4, -0.2) is 266 Å². The second kappa shape index (κ2) is 43.4. The van der Waals surface area contributed by atoms with Crippen LogP contribution in [-0.2, 0) is 104 Å². The second-order valence-corrected chi connectivity index (χ2v) is 22.7. The van der Waals surface area contributed by atoms with Crippen molar-refractivity contribution in [3.63, 3.8) is 0 Å². The average molecular weight is 1470 g/mol. The fourth-order valence-electron chi connectivity index (χ4n) is 9.28. The summed E-state index contributed by atoms with van der Waals surface area (Å²) in [4.78, 5) is 245. The molecule has 0 spiro atoms. The van der Waals surface area contributed by atoms with E-state index in [2.05, 4.69) is 31.6 Å². The van der Waals surface area contributed by atoms with Gasteiger partial charge < -0.3 is 133 Å². The Morgan fingerprint density at radius 2 is 0.692 bits per heavy atom. The normalized spacial score (nSPS) is 14.0. The Balaban J connectivity index is 1.62. The lowest BCUT2D eigenvalue weighted by atomic mass is 10.0. The van der Waals surface area contributed by atoms with Gasteiger partial charge in [-0.3, -0.25) is 86.3 Å². The third-order valence-electron chi connectivity index (χ3n) is 14.6. The van der Waals surface area contributed by atoms with Crippen LogP contribution in [0.2, 0.25) is 0 Å². The van der Waals surface area contributed by atoms with Crippen LogP contribution in [0.15, 0.2) is 60.8 Å². The van der Waals surface area contributed by atoms with Crippen LogP contribution in [0.25, 0.3) is 10.9 Å². The predicted octanol–water partition coefficient (Wildman–Crippen LogP) is -13.1. The van der Waals surface area contributed by atoms with Crippen molar-refractivity contribution >= 4 is 123 Å². The van der Waals surface area contributed by atoms with Crippen molar-refractivity contribution in [1.29, 1.82) is 0 Å². The average Bonchev–Trinajstić information content (AvgIpc) is 1.63. The summed E-state index contributed by atoms with van der Waals surface area (Å²) >= 11 is 0. The van der Waals surface area contributed by atoms with Crippen LogP contribution in [0.4, 0.5) is 0 Å².